The van der Waals surface area contributed by atoms with Gasteiger partial charge in [-0.3, -0.25) is 14.7 Å². The number of aromatic nitrogens is 1. The first-order valence-electron chi connectivity index (χ1n) is 6.68. The highest BCUT2D eigenvalue weighted by molar-refractivity contribution is 14.1. The van der Waals surface area contributed by atoms with Crippen LogP contribution in [0.4, 0.5) is 0 Å². The van der Waals surface area contributed by atoms with Gasteiger partial charge in [0.1, 0.15) is 0 Å². The number of benzene rings is 1. The number of nitrogens with zero attached hydrogens (tertiary/aromatic N) is 3. The Morgan fingerprint density at radius 2 is 1.95 bits per heavy atom. The predicted molar refractivity (Wildman–Crippen MR) is 100 cm³/mol. The molecule has 1 aromatic carbocycles. The molecule has 2 aromatic rings. The van der Waals surface area contributed by atoms with E-state index in [0.717, 1.165) is 16.5 Å². The van der Waals surface area contributed by atoms with E-state index in [1.54, 1.807) is 19.0 Å². The van der Waals surface area contributed by atoms with Gasteiger partial charge in [-0.1, -0.05) is 0 Å². The molecule has 0 saturated carbocycles. The number of amidine groups is 1. The normalized spacial score (nSPS) is 18.7. The van der Waals surface area contributed by atoms with E-state index in [9.17, 15) is 4.79 Å². The third-order valence-electron chi connectivity index (χ3n) is 3.36. The van der Waals surface area contributed by atoms with Crippen LogP contribution < -0.4 is 0 Å². The highest BCUT2D eigenvalue weighted by Crippen LogP contribution is 2.31. The molecule has 4 nitrogen and oxygen atoms in total. The first-order chi connectivity index (χ1) is 10.6. The number of rotatable bonds is 2. The van der Waals surface area contributed by atoms with Crippen LogP contribution in [0.3, 0.4) is 0 Å². The summed E-state index contributed by atoms with van der Waals surface area (Å²) in [5.41, 5.74) is 2.05. The lowest BCUT2D eigenvalue weighted by Gasteiger charge is -2.07. The van der Waals surface area contributed by atoms with Gasteiger partial charge in [-0.15, -0.1) is 0 Å². The summed E-state index contributed by atoms with van der Waals surface area (Å²) < 4.78 is 3.26. The molecule has 0 bridgehead atoms. The monoisotopic (exact) mass is 423 g/mol. The summed E-state index contributed by atoms with van der Waals surface area (Å²) in [7, 11) is 3.44. The molecule has 0 unspecified atom stereocenters. The Morgan fingerprint density at radius 3 is 2.59 bits per heavy atom. The molecule has 0 radical (unpaired) electrons. The highest BCUT2D eigenvalue weighted by atomic mass is 127. The zero-order valence-electron chi connectivity index (χ0n) is 12.2. The fraction of sp³-hybridized carbons (Fsp3) is 0.125. The maximum Gasteiger partial charge on any atom is 0.266 e. The summed E-state index contributed by atoms with van der Waals surface area (Å²) in [5, 5.41) is 0.726. The van der Waals surface area contributed by atoms with Crippen molar-refractivity contribution in [3.63, 3.8) is 0 Å². The Labute approximate surface area is 147 Å². The molecule has 1 amide bonds. The molecule has 0 atom stereocenters. The summed E-state index contributed by atoms with van der Waals surface area (Å²) >= 11 is 3.69. The third kappa shape index (κ3) is 2.85. The van der Waals surface area contributed by atoms with E-state index in [1.807, 2.05) is 24.4 Å². The van der Waals surface area contributed by atoms with E-state index in [0.29, 0.717) is 4.91 Å². The molecule has 1 aliphatic heterocycles. The van der Waals surface area contributed by atoms with Gasteiger partial charge in [-0.05, 0) is 76.8 Å². The average molecular weight is 423 g/mol. The van der Waals surface area contributed by atoms with Crippen molar-refractivity contribution in [3.8, 4) is 5.69 Å². The second kappa shape index (κ2) is 6.29. The summed E-state index contributed by atoms with van der Waals surface area (Å²) in [6.45, 7) is 0. The maximum absolute atomic E-state index is 12.2. The molecule has 6 heteroatoms. The van der Waals surface area contributed by atoms with Gasteiger partial charge in [-0.25, -0.2) is 0 Å². The van der Waals surface area contributed by atoms with Crippen molar-refractivity contribution in [1.82, 2.24) is 9.47 Å². The van der Waals surface area contributed by atoms with E-state index in [2.05, 4.69) is 56.4 Å². The van der Waals surface area contributed by atoms with Gasteiger partial charge in [-0.2, -0.15) is 0 Å². The second-order valence-electron chi connectivity index (χ2n) is 4.76. The van der Waals surface area contributed by atoms with Crippen LogP contribution in [0.1, 0.15) is 5.69 Å². The van der Waals surface area contributed by atoms with Crippen molar-refractivity contribution in [2.45, 2.75) is 0 Å². The van der Waals surface area contributed by atoms with E-state index < -0.39 is 0 Å². The van der Waals surface area contributed by atoms with Crippen molar-refractivity contribution >= 4 is 51.5 Å². The molecule has 2 heterocycles. The molecule has 0 N–H and O–H groups in total. The van der Waals surface area contributed by atoms with Crippen molar-refractivity contribution in [1.29, 1.82) is 0 Å². The van der Waals surface area contributed by atoms with Crippen LogP contribution >= 0.6 is 34.4 Å². The summed E-state index contributed by atoms with van der Waals surface area (Å²) in [6.07, 6.45) is 3.91. The third-order valence-corrected chi connectivity index (χ3v) is 5.23. The highest BCUT2D eigenvalue weighted by Gasteiger charge is 2.29. The van der Waals surface area contributed by atoms with Gasteiger partial charge in [0.25, 0.3) is 5.91 Å². The Hall–Kier alpha value is -1.54. The van der Waals surface area contributed by atoms with E-state index in [4.69, 9.17) is 0 Å². The van der Waals surface area contributed by atoms with E-state index >= 15 is 0 Å². The SMILES string of the molecule is CN=C1S/C(=C\c2cccn2-c2ccc(I)cc2)C(=O)N1C. The molecule has 1 saturated heterocycles. The standard InChI is InChI=1S/C16H14IN3OS/c1-18-16-19(2)15(21)14(22-16)10-13-4-3-9-20(13)12-7-5-11(17)6-8-12/h3-10H,1-2H3/b14-10-,18-16?. The Kier molecular flexibility index (Phi) is 4.39. The number of carbonyl (C=O) groups is 1. The van der Waals surface area contributed by atoms with E-state index in [-0.39, 0.29) is 5.91 Å². The first-order valence-corrected chi connectivity index (χ1v) is 8.57. The van der Waals surface area contributed by atoms with Gasteiger partial charge in [0.15, 0.2) is 5.17 Å². The minimum absolute atomic E-state index is 0.0130. The number of aliphatic imine (C=N–C) groups is 1. The molecule has 1 aromatic heterocycles. The number of amides is 1. The molecule has 22 heavy (non-hydrogen) atoms. The maximum atomic E-state index is 12.2. The number of likely N-dealkylation sites (N-methyl/N-ethyl adjacent to an activating group) is 1. The summed E-state index contributed by atoms with van der Waals surface area (Å²) in [6, 6.07) is 12.2. The zero-order valence-corrected chi connectivity index (χ0v) is 15.1. The molecule has 112 valence electrons. The number of halogens is 1. The topological polar surface area (TPSA) is 37.6 Å². The Balaban J connectivity index is 1.98. The molecule has 0 aliphatic carbocycles. The lowest BCUT2D eigenvalue weighted by molar-refractivity contribution is -0.121. The summed E-state index contributed by atoms with van der Waals surface area (Å²) in [5.74, 6) is -0.0130. The molecule has 1 fully saturated rings. The molecule has 1 aliphatic rings. The van der Waals surface area contributed by atoms with Gasteiger partial charge in [0.05, 0.1) is 4.91 Å². The molecular formula is C16H14IN3OS. The number of thioether (sulfide) groups is 1. The largest absolute Gasteiger partial charge is 0.317 e. The van der Waals surface area contributed by atoms with Crippen molar-refractivity contribution < 1.29 is 4.79 Å². The molecule has 0 spiro atoms. The van der Waals surface area contributed by atoms with E-state index in [1.165, 1.54) is 15.3 Å². The fourth-order valence-corrected chi connectivity index (χ4v) is 3.50. The fourth-order valence-electron chi connectivity index (χ4n) is 2.23. The van der Waals surface area contributed by atoms with Crippen molar-refractivity contribution in [2.24, 2.45) is 4.99 Å². The van der Waals surface area contributed by atoms with Gasteiger partial charge >= 0.3 is 0 Å². The number of hydrogen-bond acceptors (Lipinski definition) is 3. The van der Waals surface area contributed by atoms with Crippen LogP contribution in [0, 0.1) is 3.57 Å². The lowest BCUT2D eigenvalue weighted by Crippen LogP contribution is -2.23. The molecular weight excluding hydrogens is 409 g/mol. The quantitative estimate of drug-likeness (QED) is 0.547. The van der Waals surface area contributed by atoms with Crippen LogP contribution in [0.15, 0.2) is 52.5 Å². The van der Waals surface area contributed by atoms with Crippen LogP contribution in [0.25, 0.3) is 11.8 Å². The minimum Gasteiger partial charge on any atom is -0.317 e. The van der Waals surface area contributed by atoms with Crippen LogP contribution in [0.5, 0.6) is 0 Å². The second-order valence-corrected chi connectivity index (χ2v) is 7.02. The lowest BCUT2D eigenvalue weighted by atomic mass is 10.3. The van der Waals surface area contributed by atoms with Crippen LogP contribution in [-0.4, -0.2) is 34.6 Å². The average Bonchev–Trinajstić information content (AvgIpc) is 3.08. The number of hydrogen-bond donors (Lipinski definition) is 0. The van der Waals surface area contributed by atoms with Crippen LogP contribution in [-0.2, 0) is 4.79 Å². The smallest absolute Gasteiger partial charge is 0.266 e. The van der Waals surface area contributed by atoms with Crippen LogP contribution in [0.2, 0.25) is 0 Å². The van der Waals surface area contributed by atoms with Gasteiger partial charge in [0, 0.05) is 35.2 Å². The number of carbonyl (C=O) groups excluding carboxylic acids is 1. The molecule has 3 rings (SSSR count). The Morgan fingerprint density at radius 1 is 1.23 bits per heavy atom. The van der Waals surface area contributed by atoms with Crippen molar-refractivity contribution in [2.75, 3.05) is 14.1 Å². The minimum atomic E-state index is -0.0130. The zero-order chi connectivity index (χ0) is 15.7. The van der Waals surface area contributed by atoms with Gasteiger partial charge < -0.3 is 4.57 Å². The van der Waals surface area contributed by atoms with Crippen molar-refractivity contribution in [3.05, 3.63) is 56.8 Å². The Bertz CT molecular complexity index is 777. The summed E-state index contributed by atoms with van der Waals surface area (Å²) in [4.78, 5) is 18.6. The predicted octanol–water partition coefficient (Wildman–Crippen LogP) is 3.61. The first kappa shape index (κ1) is 15.4. The van der Waals surface area contributed by atoms with Gasteiger partial charge in [0.2, 0.25) is 0 Å².